The van der Waals surface area contributed by atoms with Gasteiger partial charge in [-0.3, -0.25) is 38.4 Å². The van der Waals surface area contributed by atoms with E-state index < -0.39 is 88.7 Å². The summed E-state index contributed by atoms with van der Waals surface area (Å²) in [6.45, 7) is 4.87. The van der Waals surface area contributed by atoms with Crippen LogP contribution in [0.1, 0.15) is 139 Å². The van der Waals surface area contributed by atoms with Gasteiger partial charge >= 0.3 is 0 Å². The Morgan fingerprint density at radius 3 is 1.27 bits per heavy atom. The summed E-state index contributed by atoms with van der Waals surface area (Å²) in [6.07, 6.45) is 9.11. The van der Waals surface area contributed by atoms with Crippen LogP contribution in [0.15, 0.2) is 121 Å². The SMILES string of the molecule is CC[C@H](NC)C(=O)N[C@@H]1C(=O)N2[C@@H](CC[C@@H]1CO)CC[C@H]2C(=O)NC(C(=O)CCCOCC1CCC(COCCNC(=O)C(NC(=O)[C@@H]2CC[C@@H]3CC[C@H](CO)[C@H](NC(=O)[C@H](CC)NC)C(=O)N32)(c2ccccc2)c2ccccc2)CC1)(c1ccccc1)c1ccccc1. The van der Waals surface area contributed by atoms with Gasteiger partial charge in [-0.1, -0.05) is 135 Å². The molecule has 0 spiro atoms. The summed E-state index contributed by atoms with van der Waals surface area (Å²) in [7, 11) is 3.36. The largest absolute Gasteiger partial charge is 0.396 e. The maximum absolute atomic E-state index is 15.1. The predicted octanol–water partition coefficient (Wildman–Crippen LogP) is 4.90. The second kappa shape index (κ2) is 33.8. The Balaban J connectivity index is 0.778. The number of carbonyl (C=O) groups excluding carboxylic acids is 8. The fourth-order valence-electron chi connectivity index (χ4n) is 15.3. The Labute approximate surface area is 553 Å². The van der Waals surface area contributed by atoms with Crippen LogP contribution < -0.4 is 37.2 Å². The van der Waals surface area contributed by atoms with Crippen LogP contribution in [0, 0.1) is 23.7 Å². The molecule has 1 saturated carbocycles. The number of aliphatic hydroxyl groups excluding tert-OH is 2. The van der Waals surface area contributed by atoms with Gasteiger partial charge in [0.15, 0.2) is 11.3 Å². The van der Waals surface area contributed by atoms with E-state index in [-0.39, 0.29) is 62.5 Å². The molecule has 5 aliphatic rings. The van der Waals surface area contributed by atoms with Crippen molar-refractivity contribution in [1.29, 1.82) is 0 Å². The first-order valence-electron chi connectivity index (χ1n) is 34.3. The molecule has 94 heavy (non-hydrogen) atoms. The summed E-state index contributed by atoms with van der Waals surface area (Å²) >= 11 is 0. The van der Waals surface area contributed by atoms with Crippen molar-refractivity contribution in [3.63, 3.8) is 0 Å². The maximum Gasteiger partial charge on any atom is 0.255 e. The zero-order valence-electron chi connectivity index (χ0n) is 55.1. The zero-order chi connectivity index (χ0) is 66.8. The minimum absolute atomic E-state index is 0.0878. The number of fused-ring (bicyclic) bond motifs is 2. The van der Waals surface area contributed by atoms with Gasteiger partial charge in [-0.2, -0.15) is 0 Å². The Morgan fingerprint density at radius 2 is 0.883 bits per heavy atom. The van der Waals surface area contributed by atoms with Crippen molar-refractivity contribution in [3.8, 4) is 0 Å². The minimum atomic E-state index is -1.71. The van der Waals surface area contributed by atoms with Gasteiger partial charge in [0, 0.05) is 69.9 Å². The highest BCUT2D eigenvalue weighted by Gasteiger charge is 2.53. The van der Waals surface area contributed by atoms with Crippen LogP contribution in [0.5, 0.6) is 0 Å². The van der Waals surface area contributed by atoms with Gasteiger partial charge in [0.05, 0.1) is 18.7 Å². The van der Waals surface area contributed by atoms with E-state index in [1.807, 2.05) is 111 Å². The third kappa shape index (κ3) is 15.9. The molecule has 9 N–H and O–H groups in total. The smallest absolute Gasteiger partial charge is 0.255 e. The summed E-state index contributed by atoms with van der Waals surface area (Å²) in [5, 5.41) is 42.2. The molecule has 4 aromatic rings. The van der Waals surface area contributed by atoms with E-state index in [4.69, 9.17) is 9.47 Å². The number of rotatable bonds is 31. The van der Waals surface area contributed by atoms with Gasteiger partial charge in [0.1, 0.15) is 29.7 Å². The lowest BCUT2D eigenvalue weighted by molar-refractivity contribution is -0.145. The van der Waals surface area contributed by atoms with Crippen LogP contribution in [0.25, 0.3) is 0 Å². The number of aliphatic hydroxyl groups is 2. The molecule has 4 aromatic carbocycles. The number of hydrogen-bond donors (Lipinski definition) is 9. The van der Waals surface area contributed by atoms with Crippen molar-refractivity contribution in [2.24, 2.45) is 23.7 Å². The molecule has 1 aliphatic carbocycles. The van der Waals surface area contributed by atoms with Crippen LogP contribution in [0.3, 0.4) is 0 Å². The highest BCUT2D eigenvalue weighted by atomic mass is 16.5. The maximum atomic E-state index is 15.1. The van der Waals surface area contributed by atoms with E-state index in [2.05, 4.69) is 37.2 Å². The van der Waals surface area contributed by atoms with Gasteiger partial charge in [0.25, 0.3) is 5.91 Å². The molecule has 0 aromatic heterocycles. The van der Waals surface area contributed by atoms with Crippen LogP contribution in [0.2, 0.25) is 0 Å². The lowest BCUT2D eigenvalue weighted by Crippen LogP contribution is -2.62. The van der Waals surface area contributed by atoms with E-state index in [1.54, 1.807) is 48.2 Å². The molecule has 4 saturated heterocycles. The van der Waals surface area contributed by atoms with Crippen molar-refractivity contribution in [2.45, 2.75) is 176 Å². The Bertz CT molecular complexity index is 2860. The first kappa shape index (κ1) is 70.9. The second-order valence-electron chi connectivity index (χ2n) is 26.3. The molecule has 508 valence electrons. The van der Waals surface area contributed by atoms with E-state index in [9.17, 15) is 39.0 Å². The van der Waals surface area contributed by atoms with Crippen molar-refractivity contribution >= 4 is 47.1 Å². The fraction of sp³-hybridized carbons (Fsp3) is 0.562. The molecule has 0 radical (unpaired) electrons. The summed E-state index contributed by atoms with van der Waals surface area (Å²) in [4.78, 5) is 119. The summed E-state index contributed by atoms with van der Waals surface area (Å²) in [5.41, 5.74) is -1.09. The Morgan fingerprint density at radius 1 is 0.511 bits per heavy atom. The molecule has 5 fully saturated rings. The molecular formula is C73H99N9O12. The van der Waals surface area contributed by atoms with E-state index >= 15 is 9.59 Å². The number of ketones is 1. The van der Waals surface area contributed by atoms with Crippen LogP contribution in [-0.4, -0.2) is 176 Å². The molecule has 0 bridgehead atoms. The number of ether oxygens (including phenoxy) is 2. The number of amides is 7. The molecule has 7 amide bonds. The normalized spacial score (nSPS) is 24.6. The monoisotopic (exact) mass is 1290 g/mol. The third-order valence-electron chi connectivity index (χ3n) is 20.7. The number of benzene rings is 4. The van der Waals surface area contributed by atoms with Crippen LogP contribution in [0.4, 0.5) is 0 Å². The fourth-order valence-corrected chi connectivity index (χ4v) is 15.3. The predicted molar refractivity (Wildman–Crippen MR) is 355 cm³/mol. The Hall–Kier alpha value is -7.40. The average molecular weight is 1290 g/mol. The zero-order valence-corrected chi connectivity index (χ0v) is 55.1. The van der Waals surface area contributed by atoms with Gasteiger partial charge in [-0.05, 0) is 144 Å². The Kier molecular flexibility index (Phi) is 25.5. The summed E-state index contributed by atoms with van der Waals surface area (Å²) in [5.74, 6) is -3.65. The van der Waals surface area contributed by atoms with Crippen LogP contribution in [-0.2, 0) is 58.9 Å². The molecule has 21 nitrogen and oxygen atoms in total. The molecular weight excluding hydrogens is 1190 g/mol. The van der Waals surface area contributed by atoms with Crippen LogP contribution >= 0.6 is 0 Å². The third-order valence-corrected chi connectivity index (χ3v) is 20.7. The number of nitrogens with zero attached hydrogens (tertiary/aromatic N) is 2. The molecule has 21 heteroatoms. The highest BCUT2D eigenvalue weighted by molar-refractivity contribution is 6.01. The molecule has 0 unspecified atom stereocenters. The lowest BCUT2D eigenvalue weighted by Gasteiger charge is -2.38. The van der Waals surface area contributed by atoms with Crippen molar-refractivity contribution < 1.29 is 58.0 Å². The standard InChI is InChI=1S/C73H99N9O12/c1-5-58(74-3)65(86)77-63-50(44-83)33-35-56-37-39-60(81(56)69(63)90)67(88)79-72(52-20-11-7-12-21-52,53-22-13-8-14-23-53)62(85)28-19-42-93-46-48-29-31-49(32-30-48)47-94-43-41-76-71(92)73(54-24-15-9-16-25-54,55-26-17-10-18-27-55)80-68(89)61-40-38-57-36-34-51(45-84)64(70(91)82(57)61)78-66(87)59(6-2)75-4/h7-18,20-27,48-51,56-61,63-64,74-75,83-84H,5-6,19,28-47H2,1-4H3,(H,76,92)(H,77,86)(H,78,87)(H,79,88)(H,80,89)/t48?,49?,50-,51-,56+,57+,58+,59+,60+,61+,63+,64+/m1/s1. The first-order valence-corrected chi connectivity index (χ1v) is 34.3. The quantitative estimate of drug-likeness (QED) is 0.0303. The molecule has 10 atom stereocenters. The number of carbonyl (C=O) groups is 8. The summed E-state index contributed by atoms with van der Waals surface area (Å²) in [6, 6.07) is 31.0. The van der Waals surface area contributed by atoms with Gasteiger partial charge < -0.3 is 66.7 Å². The summed E-state index contributed by atoms with van der Waals surface area (Å²) < 4.78 is 12.5. The van der Waals surface area contributed by atoms with E-state index in [0.717, 1.165) is 25.7 Å². The lowest BCUT2D eigenvalue weighted by atomic mass is 9.77. The molecule has 4 heterocycles. The van der Waals surface area contributed by atoms with Gasteiger partial charge in [-0.25, -0.2) is 0 Å². The van der Waals surface area contributed by atoms with E-state index in [0.29, 0.717) is 125 Å². The van der Waals surface area contributed by atoms with Crippen molar-refractivity contribution in [3.05, 3.63) is 144 Å². The second-order valence-corrected chi connectivity index (χ2v) is 26.3. The van der Waals surface area contributed by atoms with E-state index in [1.165, 1.54) is 0 Å². The number of nitrogens with one attached hydrogen (secondary N) is 7. The molecule has 4 aliphatic heterocycles. The highest BCUT2D eigenvalue weighted by Crippen LogP contribution is 2.40. The topological polar surface area (TPSA) is 286 Å². The first-order chi connectivity index (χ1) is 45.7. The molecule has 9 rings (SSSR count). The number of likely N-dealkylation sites (N-methyl/N-ethyl adjacent to an activating group) is 2. The minimum Gasteiger partial charge on any atom is -0.396 e. The van der Waals surface area contributed by atoms with Crippen molar-refractivity contribution in [2.75, 3.05) is 60.3 Å². The van der Waals surface area contributed by atoms with Gasteiger partial charge in [0.2, 0.25) is 35.4 Å². The van der Waals surface area contributed by atoms with Crippen molar-refractivity contribution in [1.82, 2.24) is 47.0 Å². The number of hydrogen-bond acceptors (Lipinski definition) is 14. The number of Topliss-reactive ketones (excluding diaryl/α,β-unsaturated/α-hetero) is 1. The van der Waals surface area contributed by atoms with Gasteiger partial charge in [-0.15, -0.1) is 0 Å². The average Bonchev–Trinajstić information content (AvgIpc) is 1.09.